The number of rotatable bonds is 6. The molecule has 0 atom stereocenters. The van der Waals surface area contributed by atoms with Crippen molar-refractivity contribution in [1.82, 2.24) is 5.64 Å². The van der Waals surface area contributed by atoms with E-state index in [2.05, 4.69) is 11.4 Å². The summed E-state index contributed by atoms with van der Waals surface area (Å²) < 4.78 is 4.86. The Labute approximate surface area is 113 Å². The van der Waals surface area contributed by atoms with Crippen molar-refractivity contribution in [3.05, 3.63) is 30.4 Å². The number of hydrogen-bond acceptors (Lipinski definition) is 7. The van der Waals surface area contributed by atoms with E-state index < -0.39 is 11.2 Å². The predicted octanol–water partition coefficient (Wildman–Crippen LogP) is 1.31. The van der Waals surface area contributed by atoms with Gasteiger partial charge in [0.25, 0.3) is 5.24 Å². The van der Waals surface area contributed by atoms with Gasteiger partial charge in [0.05, 0.1) is 7.11 Å². The molecule has 7 nitrogen and oxygen atoms in total. The molecule has 0 heterocycles. The number of aromatic hydroxyl groups is 1. The first-order chi connectivity index (χ1) is 8.99. The molecule has 0 unspecified atom stereocenters. The lowest BCUT2D eigenvalue weighted by atomic mass is 10.2. The van der Waals surface area contributed by atoms with Gasteiger partial charge in [0, 0.05) is 17.3 Å². The first-order valence-electron chi connectivity index (χ1n) is 4.85. The summed E-state index contributed by atoms with van der Waals surface area (Å²) in [5.74, 6) is -1.30. The minimum Gasteiger partial charge on any atom is -0.504 e. The summed E-state index contributed by atoms with van der Waals surface area (Å²) in [6, 6.07) is 2.30. The zero-order chi connectivity index (χ0) is 14.4. The van der Waals surface area contributed by atoms with E-state index in [0.29, 0.717) is 0 Å². The van der Waals surface area contributed by atoms with E-state index in [1.54, 1.807) is 0 Å². The first-order valence-corrected chi connectivity index (χ1v) is 5.23. The Bertz CT molecular complexity index is 516. The third-order valence-corrected chi connectivity index (χ3v) is 2.15. The van der Waals surface area contributed by atoms with Crippen molar-refractivity contribution >= 4 is 22.8 Å². The van der Waals surface area contributed by atoms with Gasteiger partial charge in [-0.1, -0.05) is 6.58 Å². The Morgan fingerprint density at radius 2 is 2.16 bits per heavy atom. The van der Waals surface area contributed by atoms with Crippen molar-refractivity contribution in [2.45, 2.75) is 0 Å². The number of methoxy groups -OCH3 is 1. The maximum Gasteiger partial charge on any atom is 0.352 e. The van der Waals surface area contributed by atoms with Crippen LogP contribution in [0.5, 0.6) is 17.2 Å². The highest BCUT2D eigenvalue weighted by Gasteiger charge is 2.16. The van der Waals surface area contributed by atoms with Crippen LogP contribution in [-0.2, 0) is 9.63 Å². The average Bonchev–Trinajstić information content (AvgIpc) is 2.37. The van der Waals surface area contributed by atoms with Crippen molar-refractivity contribution in [1.29, 1.82) is 0 Å². The second kappa shape index (κ2) is 6.62. The molecule has 19 heavy (non-hydrogen) atoms. The van der Waals surface area contributed by atoms with Crippen LogP contribution >= 0.6 is 11.6 Å². The lowest BCUT2D eigenvalue weighted by molar-refractivity contribution is -0.164. The number of phenols is 1. The number of carbonyl (C=O) groups excluding carboxylic acids is 2. The lowest BCUT2D eigenvalue weighted by Gasteiger charge is -2.12. The Morgan fingerprint density at radius 1 is 1.47 bits per heavy atom. The maximum absolute atomic E-state index is 11.0. The minimum atomic E-state index is -0.800. The largest absolute Gasteiger partial charge is 0.504 e. The van der Waals surface area contributed by atoms with E-state index >= 15 is 0 Å². The molecule has 1 aromatic carbocycles. The van der Waals surface area contributed by atoms with Crippen molar-refractivity contribution in [2.75, 3.05) is 7.11 Å². The quantitative estimate of drug-likeness (QED) is 0.463. The van der Waals surface area contributed by atoms with Gasteiger partial charge >= 0.3 is 5.97 Å². The van der Waals surface area contributed by atoms with Gasteiger partial charge in [-0.15, -0.1) is 0 Å². The van der Waals surface area contributed by atoms with Gasteiger partial charge in [-0.25, -0.2) is 4.79 Å². The molecule has 0 spiro atoms. The Morgan fingerprint density at radius 3 is 2.68 bits per heavy atom. The zero-order valence-corrected chi connectivity index (χ0v) is 10.6. The molecule has 0 aliphatic carbocycles. The minimum absolute atomic E-state index is 0.0215. The number of ether oxygens (including phenoxy) is 1. The Hall–Kier alpha value is -2.25. The van der Waals surface area contributed by atoms with E-state index in [4.69, 9.17) is 21.2 Å². The number of benzene rings is 1. The van der Waals surface area contributed by atoms with Crippen molar-refractivity contribution in [2.24, 2.45) is 0 Å². The van der Waals surface area contributed by atoms with Gasteiger partial charge in [0.2, 0.25) is 5.75 Å². The number of carbonyl (C=O) groups is 2. The fourth-order valence-corrected chi connectivity index (χ4v) is 1.24. The molecular weight excluding hydrogens is 278 g/mol. The fourth-order valence-electron chi connectivity index (χ4n) is 1.13. The maximum atomic E-state index is 11.0. The van der Waals surface area contributed by atoms with Crippen LogP contribution in [-0.4, -0.2) is 23.4 Å². The van der Waals surface area contributed by atoms with Crippen LogP contribution in [0.4, 0.5) is 0 Å². The van der Waals surface area contributed by atoms with Crippen LogP contribution < -0.4 is 15.2 Å². The Kier molecular flexibility index (Phi) is 5.16. The van der Waals surface area contributed by atoms with Crippen LogP contribution in [0.2, 0.25) is 0 Å². The molecule has 8 heteroatoms. The summed E-state index contributed by atoms with van der Waals surface area (Å²) >= 11 is 5.28. The third-order valence-electron chi connectivity index (χ3n) is 1.93. The highest BCUT2D eigenvalue weighted by atomic mass is 35.5. The van der Waals surface area contributed by atoms with Crippen LogP contribution in [0.25, 0.3) is 0 Å². The molecular formula is C11H10ClNO6. The molecule has 2 N–H and O–H groups in total. The summed E-state index contributed by atoms with van der Waals surface area (Å²) in [6.45, 7) is 3.17. The van der Waals surface area contributed by atoms with Gasteiger partial charge in [0.15, 0.2) is 11.5 Å². The van der Waals surface area contributed by atoms with Gasteiger partial charge in [0.1, 0.15) is 0 Å². The van der Waals surface area contributed by atoms with Crippen LogP contribution in [0.1, 0.15) is 10.4 Å². The molecule has 1 rings (SSSR count). The van der Waals surface area contributed by atoms with E-state index in [1.807, 2.05) is 5.64 Å². The van der Waals surface area contributed by atoms with E-state index in [-0.39, 0.29) is 22.8 Å². The average molecular weight is 288 g/mol. The molecule has 0 amide bonds. The Balaban J connectivity index is 2.93. The molecule has 102 valence electrons. The molecule has 0 fully saturated rings. The van der Waals surface area contributed by atoms with Crippen LogP contribution in [0, 0.1) is 0 Å². The van der Waals surface area contributed by atoms with Gasteiger partial charge in [-0.3, -0.25) is 4.79 Å². The molecule has 0 aliphatic rings. The van der Waals surface area contributed by atoms with Crippen molar-refractivity contribution in [3.8, 4) is 17.2 Å². The number of hydrogen-bond donors (Lipinski definition) is 2. The van der Waals surface area contributed by atoms with Crippen LogP contribution in [0.3, 0.4) is 0 Å². The highest BCUT2D eigenvalue weighted by molar-refractivity contribution is 6.67. The molecule has 0 bridgehead atoms. The van der Waals surface area contributed by atoms with Crippen molar-refractivity contribution in [3.63, 3.8) is 0 Å². The SMILES string of the molecule is C=CC(=O)ONOc1cc(C(=O)Cl)cc(O)c1OC. The predicted molar refractivity (Wildman–Crippen MR) is 64.9 cm³/mol. The van der Waals surface area contributed by atoms with E-state index in [1.165, 1.54) is 13.2 Å². The van der Waals surface area contributed by atoms with E-state index in [9.17, 15) is 14.7 Å². The zero-order valence-electron chi connectivity index (χ0n) is 9.81. The second-order valence-electron chi connectivity index (χ2n) is 3.11. The monoisotopic (exact) mass is 287 g/mol. The third kappa shape index (κ3) is 3.87. The van der Waals surface area contributed by atoms with Gasteiger partial charge in [-0.2, -0.15) is 0 Å². The molecule has 0 saturated heterocycles. The number of nitrogens with one attached hydrogen (secondary N) is 1. The standard InChI is InChI=1S/C11H10ClNO6/c1-3-9(15)19-13-18-8-5-6(11(12)16)4-7(14)10(8)17-2/h3-5,13-14H,1H2,2H3. The molecule has 0 aromatic heterocycles. The lowest BCUT2D eigenvalue weighted by Crippen LogP contribution is -2.22. The van der Waals surface area contributed by atoms with E-state index in [0.717, 1.165) is 12.1 Å². The van der Waals surface area contributed by atoms with Crippen molar-refractivity contribution < 1.29 is 29.1 Å². The summed E-state index contributed by atoms with van der Waals surface area (Å²) in [5.41, 5.74) is 1.83. The molecule has 0 radical (unpaired) electrons. The topological polar surface area (TPSA) is 94.1 Å². The molecule has 0 aliphatic heterocycles. The molecule has 0 saturated carbocycles. The first kappa shape index (κ1) is 14.8. The summed E-state index contributed by atoms with van der Waals surface area (Å²) in [4.78, 5) is 31.0. The van der Waals surface area contributed by atoms with Crippen LogP contribution in [0.15, 0.2) is 24.8 Å². The summed E-state index contributed by atoms with van der Waals surface area (Å²) in [6.07, 6.45) is 0.907. The smallest absolute Gasteiger partial charge is 0.352 e. The second-order valence-corrected chi connectivity index (χ2v) is 3.45. The van der Waals surface area contributed by atoms with Gasteiger partial charge in [-0.05, 0) is 23.7 Å². The van der Waals surface area contributed by atoms with Gasteiger partial charge < -0.3 is 19.5 Å². The normalized spacial score (nSPS) is 9.58. The highest BCUT2D eigenvalue weighted by Crippen LogP contribution is 2.37. The fraction of sp³-hybridized carbons (Fsp3) is 0.0909. The summed E-state index contributed by atoms with van der Waals surface area (Å²) in [7, 11) is 1.28. The summed E-state index contributed by atoms with van der Waals surface area (Å²) in [5, 5.41) is 8.81. The molecule has 1 aromatic rings. The number of halogens is 1. The number of phenolic OH excluding ortho intramolecular Hbond substituents is 1.